The van der Waals surface area contributed by atoms with E-state index in [0.29, 0.717) is 5.82 Å². The van der Waals surface area contributed by atoms with Gasteiger partial charge in [-0.15, -0.1) is 0 Å². The van der Waals surface area contributed by atoms with Crippen LogP contribution in [0.5, 0.6) is 0 Å². The van der Waals surface area contributed by atoms with E-state index in [2.05, 4.69) is 17.1 Å². The summed E-state index contributed by atoms with van der Waals surface area (Å²) in [6.07, 6.45) is 6.26. The zero-order valence-electron chi connectivity index (χ0n) is 8.14. The van der Waals surface area contributed by atoms with Crippen molar-refractivity contribution in [1.29, 1.82) is 0 Å². The van der Waals surface area contributed by atoms with Crippen molar-refractivity contribution in [3.8, 4) is 0 Å². The number of nitrogens with one attached hydrogen (secondary N) is 1. The lowest BCUT2D eigenvalue weighted by atomic mass is 10.1. The third-order valence-electron chi connectivity index (χ3n) is 2.84. The highest BCUT2D eigenvalue weighted by atomic mass is 15.2. The molecule has 2 rings (SSSR count). The summed E-state index contributed by atoms with van der Waals surface area (Å²) >= 11 is 0. The Bertz CT molecular complexity index is 286. The van der Waals surface area contributed by atoms with Crippen LogP contribution in [0, 0.1) is 5.92 Å². The molecule has 0 saturated heterocycles. The van der Waals surface area contributed by atoms with Crippen LogP contribution in [0.1, 0.15) is 37.4 Å². The Morgan fingerprint density at radius 1 is 1.54 bits per heavy atom. The quantitative estimate of drug-likeness (QED) is 0.741. The van der Waals surface area contributed by atoms with Crippen LogP contribution in [0.2, 0.25) is 0 Å². The Balaban J connectivity index is 2.00. The second-order valence-corrected chi connectivity index (χ2v) is 3.90. The topological polar surface area (TPSA) is 54.7 Å². The molecule has 3 nitrogen and oxygen atoms in total. The molecule has 0 unspecified atom stereocenters. The van der Waals surface area contributed by atoms with Crippen LogP contribution in [0.25, 0.3) is 0 Å². The molecule has 0 bridgehead atoms. The second kappa shape index (κ2) is 3.40. The molecule has 1 aliphatic rings. The molecule has 1 fully saturated rings. The minimum Gasteiger partial charge on any atom is -0.382 e. The fourth-order valence-electron chi connectivity index (χ4n) is 1.77. The first kappa shape index (κ1) is 8.60. The molecule has 1 aromatic rings. The molecule has 3 N–H and O–H groups in total. The maximum Gasteiger partial charge on any atom is 0.148 e. The number of nitrogens with two attached hydrogens (primary N) is 1. The SMILES string of the molecule is CCc1c(N)n[nH]c1CCC1CC1. The molecule has 1 heterocycles. The summed E-state index contributed by atoms with van der Waals surface area (Å²) in [5.41, 5.74) is 8.21. The number of nitrogen functional groups attached to an aromatic ring is 1. The third-order valence-corrected chi connectivity index (χ3v) is 2.84. The van der Waals surface area contributed by atoms with Crippen LogP contribution < -0.4 is 5.73 Å². The summed E-state index contributed by atoms with van der Waals surface area (Å²) in [5, 5.41) is 7.07. The molecule has 1 aromatic heterocycles. The van der Waals surface area contributed by atoms with Crippen LogP contribution >= 0.6 is 0 Å². The Morgan fingerprint density at radius 2 is 2.31 bits per heavy atom. The Kier molecular flexibility index (Phi) is 2.25. The number of nitrogens with zero attached hydrogens (tertiary/aromatic N) is 1. The van der Waals surface area contributed by atoms with Gasteiger partial charge in [0.05, 0.1) is 0 Å². The van der Waals surface area contributed by atoms with Gasteiger partial charge in [0.1, 0.15) is 5.82 Å². The van der Waals surface area contributed by atoms with E-state index < -0.39 is 0 Å². The number of aryl methyl sites for hydroxylation is 1. The van der Waals surface area contributed by atoms with Crippen LogP contribution in [0.4, 0.5) is 5.82 Å². The molecule has 0 aliphatic heterocycles. The van der Waals surface area contributed by atoms with E-state index in [1.807, 2.05) is 0 Å². The van der Waals surface area contributed by atoms with Gasteiger partial charge in [0, 0.05) is 11.3 Å². The Labute approximate surface area is 78.7 Å². The largest absolute Gasteiger partial charge is 0.382 e. The van der Waals surface area contributed by atoms with Gasteiger partial charge in [0.25, 0.3) is 0 Å². The summed E-state index contributed by atoms with van der Waals surface area (Å²) in [5.74, 6) is 1.67. The monoisotopic (exact) mass is 179 g/mol. The van der Waals surface area contributed by atoms with Gasteiger partial charge in [-0.2, -0.15) is 5.10 Å². The molecule has 72 valence electrons. The number of hydrogen-bond acceptors (Lipinski definition) is 2. The number of rotatable bonds is 4. The van der Waals surface area contributed by atoms with Crippen molar-refractivity contribution in [2.45, 2.75) is 39.0 Å². The van der Waals surface area contributed by atoms with Crippen molar-refractivity contribution in [2.24, 2.45) is 5.92 Å². The maximum atomic E-state index is 5.73. The van der Waals surface area contributed by atoms with E-state index in [1.165, 1.54) is 30.5 Å². The lowest BCUT2D eigenvalue weighted by Gasteiger charge is -1.99. The zero-order chi connectivity index (χ0) is 9.26. The van der Waals surface area contributed by atoms with Gasteiger partial charge in [-0.25, -0.2) is 0 Å². The van der Waals surface area contributed by atoms with E-state index in [4.69, 9.17) is 5.73 Å². The molecular weight excluding hydrogens is 162 g/mol. The highest BCUT2D eigenvalue weighted by Gasteiger charge is 2.21. The number of aromatic amines is 1. The van der Waals surface area contributed by atoms with Crippen LogP contribution in [0.15, 0.2) is 0 Å². The third kappa shape index (κ3) is 1.85. The van der Waals surface area contributed by atoms with Crippen LogP contribution in [-0.4, -0.2) is 10.2 Å². The molecule has 3 heteroatoms. The van der Waals surface area contributed by atoms with E-state index in [0.717, 1.165) is 18.8 Å². The summed E-state index contributed by atoms with van der Waals surface area (Å²) in [6, 6.07) is 0. The molecule has 0 aromatic carbocycles. The van der Waals surface area contributed by atoms with Crippen molar-refractivity contribution in [2.75, 3.05) is 5.73 Å². The number of aromatic nitrogens is 2. The van der Waals surface area contributed by atoms with E-state index in [-0.39, 0.29) is 0 Å². The van der Waals surface area contributed by atoms with Gasteiger partial charge >= 0.3 is 0 Å². The molecular formula is C10H17N3. The van der Waals surface area contributed by atoms with E-state index >= 15 is 0 Å². The van der Waals surface area contributed by atoms with Crippen molar-refractivity contribution >= 4 is 5.82 Å². The highest BCUT2D eigenvalue weighted by Crippen LogP contribution is 2.33. The zero-order valence-corrected chi connectivity index (χ0v) is 8.14. The average molecular weight is 179 g/mol. The van der Waals surface area contributed by atoms with Gasteiger partial charge in [-0.1, -0.05) is 19.8 Å². The fourth-order valence-corrected chi connectivity index (χ4v) is 1.77. The first-order valence-electron chi connectivity index (χ1n) is 5.12. The summed E-state index contributed by atoms with van der Waals surface area (Å²) in [6.45, 7) is 2.13. The molecule has 1 saturated carbocycles. The predicted molar refractivity (Wildman–Crippen MR) is 53.4 cm³/mol. The number of H-pyrrole nitrogens is 1. The summed E-state index contributed by atoms with van der Waals surface area (Å²) in [4.78, 5) is 0. The second-order valence-electron chi connectivity index (χ2n) is 3.90. The highest BCUT2D eigenvalue weighted by molar-refractivity contribution is 5.41. The van der Waals surface area contributed by atoms with Crippen molar-refractivity contribution in [3.63, 3.8) is 0 Å². The summed E-state index contributed by atoms with van der Waals surface area (Å²) < 4.78 is 0. The van der Waals surface area contributed by atoms with Gasteiger partial charge in [0.15, 0.2) is 0 Å². The molecule has 13 heavy (non-hydrogen) atoms. The predicted octanol–water partition coefficient (Wildman–Crippen LogP) is 1.90. The van der Waals surface area contributed by atoms with Crippen molar-refractivity contribution < 1.29 is 0 Å². The molecule has 1 aliphatic carbocycles. The standard InChI is InChI=1S/C10H17N3/c1-2-8-9(12-13-10(8)11)6-5-7-3-4-7/h7H,2-6H2,1H3,(H3,11,12,13). The first-order valence-corrected chi connectivity index (χ1v) is 5.12. The minimum absolute atomic E-state index is 0.688. The van der Waals surface area contributed by atoms with Gasteiger partial charge in [0.2, 0.25) is 0 Å². The van der Waals surface area contributed by atoms with E-state index in [1.54, 1.807) is 0 Å². The minimum atomic E-state index is 0.688. The smallest absolute Gasteiger partial charge is 0.148 e. The lowest BCUT2D eigenvalue weighted by molar-refractivity contribution is 0.707. The molecule has 0 spiro atoms. The van der Waals surface area contributed by atoms with Crippen LogP contribution in [0.3, 0.4) is 0 Å². The fraction of sp³-hybridized carbons (Fsp3) is 0.700. The number of anilines is 1. The number of hydrogen-bond donors (Lipinski definition) is 2. The van der Waals surface area contributed by atoms with Gasteiger partial charge in [-0.3, -0.25) is 5.10 Å². The van der Waals surface area contributed by atoms with E-state index in [9.17, 15) is 0 Å². The average Bonchev–Trinajstić information content (AvgIpc) is 2.88. The maximum absolute atomic E-state index is 5.73. The Hall–Kier alpha value is -0.990. The van der Waals surface area contributed by atoms with Crippen LogP contribution in [-0.2, 0) is 12.8 Å². The summed E-state index contributed by atoms with van der Waals surface area (Å²) in [7, 11) is 0. The Morgan fingerprint density at radius 3 is 2.92 bits per heavy atom. The lowest BCUT2D eigenvalue weighted by Crippen LogP contribution is -1.94. The van der Waals surface area contributed by atoms with Gasteiger partial charge in [-0.05, 0) is 25.2 Å². The van der Waals surface area contributed by atoms with Gasteiger partial charge < -0.3 is 5.73 Å². The van der Waals surface area contributed by atoms with Crippen molar-refractivity contribution in [3.05, 3.63) is 11.3 Å². The van der Waals surface area contributed by atoms with Crippen molar-refractivity contribution in [1.82, 2.24) is 10.2 Å². The normalized spacial score (nSPS) is 16.4. The molecule has 0 atom stereocenters. The first-order chi connectivity index (χ1) is 6.31. The molecule has 0 amide bonds. The molecule has 0 radical (unpaired) electrons.